The summed E-state index contributed by atoms with van der Waals surface area (Å²) in [5.41, 5.74) is 1.17. The minimum atomic E-state index is -0.389. The molecule has 2 amide bonds. The van der Waals surface area contributed by atoms with Crippen LogP contribution in [-0.4, -0.2) is 29.8 Å². The van der Waals surface area contributed by atoms with Gasteiger partial charge in [0, 0.05) is 25.2 Å². The number of amides is 2. The van der Waals surface area contributed by atoms with E-state index in [0.717, 1.165) is 25.7 Å². The lowest BCUT2D eigenvalue weighted by atomic mass is 9.96. The van der Waals surface area contributed by atoms with Gasteiger partial charge in [-0.3, -0.25) is 9.59 Å². The van der Waals surface area contributed by atoms with Gasteiger partial charge in [0.15, 0.2) is 0 Å². The fourth-order valence-electron chi connectivity index (χ4n) is 3.62. The fraction of sp³-hybridized carbons (Fsp3) is 0.474. The second-order valence-corrected chi connectivity index (χ2v) is 7.59. The van der Waals surface area contributed by atoms with Gasteiger partial charge in [-0.1, -0.05) is 31.0 Å². The fourth-order valence-corrected chi connectivity index (χ4v) is 4.57. The molecule has 4 nitrogen and oxygen atoms in total. The normalized spacial score (nSPS) is 16.2. The Balaban J connectivity index is 1.75. The number of carbonyl (C=O) groups excluding carboxylic acids is 2. The molecule has 1 aliphatic carbocycles. The van der Waals surface area contributed by atoms with Gasteiger partial charge in [0.1, 0.15) is 6.04 Å². The van der Waals surface area contributed by atoms with Gasteiger partial charge in [-0.2, -0.15) is 0 Å². The summed E-state index contributed by atoms with van der Waals surface area (Å²) in [6.45, 7) is 2.06. The standard InChI is InChI=1S/C19H24N2O2S/c1-13(22)20-18(14-7-3-4-8-14)19(23)21(2)11-15-12-24-17-10-6-5-9-16(15)17/h5-6,9-10,12,14,18H,3-4,7-8,11H2,1-2H3,(H,20,22). The lowest BCUT2D eigenvalue weighted by Crippen LogP contribution is -2.50. The van der Waals surface area contributed by atoms with Crippen molar-refractivity contribution in [2.24, 2.45) is 5.92 Å². The minimum absolute atomic E-state index is 0.0207. The molecule has 0 bridgehead atoms. The first-order chi connectivity index (χ1) is 11.6. The van der Waals surface area contributed by atoms with Crippen molar-refractivity contribution in [1.82, 2.24) is 10.2 Å². The Labute approximate surface area is 146 Å². The Kier molecular flexibility index (Phi) is 5.19. The maximum Gasteiger partial charge on any atom is 0.245 e. The van der Waals surface area contributed by atoms with Gasteiger partial charge < -0.3 is 10.2 Å². The lowest BCUT2D eigenvalue weighted by Gasteiger charge is -2.28. The third kappa shape index (κ3) is 3.61. The molecule has 1 aromatic heterocycles. The zero-order valence-corrected chi connectivity index (χ0v) is 15.1. The van der Waals surface area contributed by atoms with E-state index < -0.39 is 0 Å². The Morgan fingerprint density at radius 2 is 2.00 bits per heavy atom. The van der Waals surface area contributed by atoms with E-state index in [1.54, 1.807) is 16.2 Å². The molecule has 1 atom stereocenters. The van der Waals surface area contributed by atoms with Crippen molar-refractivity contribution in [3.63, 3.8) is 0 Å². The first kappa shape index (κ1) is 17.0. The average molecular weight is 344 g/mol. The van der Waals surface area contributed by atoms with Crippen molar-refractivity contribution in [1.29, 1.82) is 0 Å². The van der Waals surface area contributed by atoms with E-state index in [-0.39, 0.29) is 23.8 Å². The number of benzene rings is 1. The number of nitrogens with zero attached hydrogens (tertiary/aromatic N) is 1. The monoisotopic (exact) mass is 344 g/mol. The molecule has 1 aromatic carbocycles. The molecule has 3 rings (SSSR count). The van der Waals surface area contributed by atoms with Crippen molar-refractivity contribution in [2.75, 3.05) is 7.05 Å². The van der Waals surface area contributed by atoms with Crippen molar-refractivity contribution >= 4 is 33.2 Å². The van der Waals surface area contributed by atoms with Crippen LogP contribution in [-0.2, 0) is 16.1 Å². The van der Waals surface area contributed by atoms with Crippen LogP contribution in [0.2, 0.25) is 0 Å². The number of likely N-dealkylation sites (N-methyl/N-ethyl adjacent to an activating group) is 1. The Morgan fingerprint density at radius 3 is 2.71 bits per heavy atom. The summed E-state index contributed by atoms with van der Waals surface area (Å²) in [5, 5.41) is 6.22. The highest BCUT2D eigenvalue weighted by Crippen LogP contribution is 2.30. The largest absolute Gasteiger partial charge is 0.344 e. The van der Waals surface area contributed by atoms with Crippen molar-refractivity contribution < 1.29 is 9.59 Å². The third-order valence-electron chi connectivity index (χ3n) is 4.84. The topological polar surface area (TPSA) is 49.4 Å². The number of nitrogens with one attached hydrogen (secondary N) is 1. The molecule has 1 fully saturated rings. The van der Waals surface area contributed by atoms with E-state index in [9.17, 15) is 9.59 Å². The number of fused-ring (bicyclic) bond motifs is 1. The minimum Gasteiger partial charge on any atom is -0.344 e. The molecule has 1 N–H and O–H groups in total. The van der Waals surface area contributed by atoms with Crippen LogP contribution in [0.25, 0.3) is 10.1 Å². The first-order valence-electron chi connectivity index (χ1n) is 8.53. The first-order valence-corrected chi connectivity index (χ1v) is 9.41. The average Bonchev–Trinajstić information content (AvgIpc) is 3.22. The van der Waals surface area contributed by atoms with Gasteiger partial charge >= 0.3 is 0 Å². The van der Waals surface area contributed by atoms with Crippen molar-refractivity contribution in [3.05, 3.63) is 35.2 Å². The zero-order valence-electron chi connectivity index (χ0n) is 14.2. The van der Waals surface area contributed by atoms with E-state index in [1.807, 2.05) is 19.2 Å². The molecule has 0 saturated heterocycles. The number of hydrogen-bond donors (Lipinski definition) is 1. The summed E-state index contributed by atoms with van der Waals surface area (Å²) in [6.07, 6.45) is 4.33. The molecule has 1 unspecified atom stereocenters. The lowest BCUT2D eigenvalue weighted by molar-refractivity contribution is -0.136. The van der Waals surface area contributed by atoms with E-state index in [4.69, 9.17) is 0 Å². The molecule has 0 aliphatic heterocycles. The molecule has 128 valence electrons. The van der Waals surface area contributed by atoms with Crippen LogP contribution in [0.3, 0.4) is 0 Å². The summed E-state index contributed by atoms with van der Waals surface area (Å²) in [7, 11) is 1.83. The number of carbonyl (C=O) groups is 2. The Bertz CT molecular complexity index is 734. The van der Waals surface area contributed by atoms with Crippen LogP contribution in [0.15, 0.2) is 29.6 Å². The summed E-state index contributed by atoms with van der Waals surface area (Å²) in [6, 6.07) is 7.87. The molecule has 0 radical (unpaired) electrons. The van der Waals surface area contributed by atoms with Crippen LogP contribution in [0.5, 0.6) is 0 Å². The second kappa shape index (κ2) is 7.34. The van der Waals surface area contributed by atoms with Crippen LogP contribution in [0, 0.1) is 5.92 Å². The van der Waals surface area contributed by atoms with Crippen molar-refractivity contribution in [2.45, 2.75) is 45.2 Å². The molecule has 1 heterocycles. The van der Waals surface area contributed by atoms with Crippen LogP contribution >= 0.6 is 11.3 Å². The van der Waals surface area contributed by atoms with Crippen LogP contribution in [0.4, 0.5) is 0 Å². The molecule has 24 heavy (non-hydrogen) atoms. The predicted octanol–water partition coefficient (Wildman–Crippen LogP) is 3.55. The number of hydrogen-bond acceptors (Lipinski definition) is 3. The molecular weight excluding hydrogens is 320 g/mol. The second-order valence-electron chi connectivity index (χ2n) is 6.67. The number of rotatable bonds is 5. The molecule has 1 saturated carbocycles. The molecular formula is C19H24N2O2S. The molecule has 5 heteroatoms. The predicted molar refractivity (Wildman–Crippen MR) is 97.9 cm³/mol. The van der Waals surface area contributed by atoms with Crippen molar-refractivity contribution in [3.8, 4) is 0 Å². The Hall–Kier alpha value is -1.88. The SMILES string of the molecule is CC(=O)NC(C(=O)N(C)Cc1csc2ccccc12)C1CCCC1. The molecule has 0 spiro atoms. The van der Waals surface area contributed by atoms with Gasteiger partial charge in [-0.15, -0.1) is 11.3 Å². The van der Waals surface area contributed by atoms with E-state index in [2.05, 4.69) is 22.8 Å². The maximum absolute atomic E-state index is 12.9. The summed E-state index contributed by atoms with van der Waals surface area (Å²) in [5.74, 6) is 0.157. The molecule has 2 aromatic rings. The Morgan fingerprint density at radius 1 is 1.29 bits per heavy atom. The summed E-state index contributed by atoms with van der Waals surface area (Å²) in [4.78, 5) is 26.2. The van der Waals surface area contributed by atoms with Crippen LogP contribution < -0.4 is 5.32 Å². The molecule has 1 aliphatic rings. The van der Waals surface area contributed by atoms with Gasteiger partial charge in [-0.25, -0.2) is 0 Å². The van der Waals surface area contributed by atoms with E-state index in [1.165, 1.54) is 22.6 Å². The van der Waals surface area contributed by atoms with E-state index in [0.29, 0.717) is 6.54 Å². The highest BCUT2D eigenvalue weighted by atomic mass is 32.1. The van der Waals surface area contributed by atoms with Crippen LogP contribution in [0.1, 0.15) is 38.2 Å². The maximum atomic E-state index is 12.9. The highest BCUT2D eigenvalue weighted by Gasteiger charge is 2.33. The quantitative estimate of drug-likeness (QED) is 0.902. The van der Waals surface area contributed by atoms with Gasteiger partial charge in [0.05, 0.1) is 0 Å². The third-order valence-corrected chi connectivity index (χ3v) is 5.85. The highest BCUT2D eigenvalue weighted by molar-refractivity contribution is 7.17. The van der Waals surface area contributed by atoms with E-state index >= 15 is 0 Å². The summed E-state index contributed by atoms with van der Waals surface area (Å²) >= 11 is 1.70. The van der Waals surface area contributed by atoms with Gasteiger partial charge in [0.25, 0.3) is 0 Å². The smallest absolute Gasteiger partial charge is 0.245 e. The summed E-state index contributed by atoms with van der Waals surface area (Å²) < 4.78 is 1.24. The van der Waals surface area contributed by atoms with Gasteiger partial charge in [-0.05, 0) is 41.2 Å². The number of thiophene rings is 1. The zero-order chi connectivity index (χ0) is 17.1. The van der Waals surface area contributed by atoms with Gasteiger partial charge in [0.2, 0.25) is 11.8 Å².